The first-order chi connectivity index (χ1) is 7.78. The summed E-state index contributed by atoms with van der Waals surface area (Å²) in [6.07, 6.45) is 7.77. The third kappa shape index (κ3) is 2.43. The van der Waals surface area contributed by atoms with Crippen molar-refractivity contribution in [1.82, 2.24) is 10.1 Å². The monoisotopic (exact) mass is 223 g/mol. The highest BCUT2D eigenvalue weighted by molar-refractivity contribution is 4.97. The fraction of sp³-hybridized carbons (Fsp3) is 0.833. The molecular weight excluding hydrogens is 202 g/mol. The molecule has 1 saturated carbocycles. The van der Waals surface area contributed by atoms with Gasteiger partial charge in [0.05, 0.1) is 0 Å². The summed E-state index contributed by atoms with van der Waals surface area (Å²) in [7, 11) is 0. The van der Waals surface area contributed by atoms with E-state index in [1.54, 1.807) is 0 Å². The third-order valence-corrected chi connectivity index (χ3v) is 3.64. The molecular formula is C12H21N3O. The first-order valence-corrected chi connectivity index (χ1v) is 6.29. The summed E-state index contributed by atoms with van der Waals surface area (Å²) in [5.41, 5.74) is 6.07. The molecule has 4 heteroatoms. The largest absolute Gasteiger partial charge is 0.339 e. The van der Waals surface area contributed by atoms with E-state index >= 15 is 0 Å². The minimum absolute atomic E-state index is 0.258. The highest BCUT2D eigenvalue weighted by Crippen LogP contribution is 2.42. The molecule has 1 aromatic heterocycles. The van der Waals surface area contributed by atoms with Crippen molar-refractivity contribution >= 4 is 0 Å². The van der Waals surface area contributed by atoms with Crippen LogP contribution in [0.3, 0.4) is 0 Å². The van der Waals surface area contributed by atoms with E-state index in [2.05, 4.69) is 17.1 Å². The quantitative estimate of drug-likeness (QED) is 0.802. The Morgan fingerprint density at radius 3 is 2.81 bits per heavy atom. The Balaban J connectivity index is 1.91. The average Bonchev–Trinajstić information content (AvgIpc) is 2.68. The predicted molar refractivity (Wildman–Crippen MR) is 62.0 cm³/mol. The second kappa shape index (κ2) is 4.95. The van der Waals surface area contributed by atoms with Crippen LogP contribution in [-0.4, -0.2) is 16.7 Å². The van der Waals surface area contributed by atoms with Crippen molar-refractivity contribution in [3.63, 3.8) is 0 Å². The molecule has 2 rings (SSSR count). The zero-order valence-corrected chi connectivity index (χ0v) is 10.0. The molecule has 4 nitrogen and oxygen atoms in total. The van der Waals surface area contributed by atoms with Gasteiger partial charge in [0, 0.05) is 12.8 Å². The molecule has 0 aromatic carbocycles. The van der Waals surface area contributed by atoms with Crippen LogP contribution in [0.15, 0.2) is 4.52 Å². The van der Waals surface area contributed by atoms with E-state index in [-0.39, 0.29) is 5.41 Å². The molecule has 0 saturated heterocycles. The fourth-order valence-electron chi connectivity index (χ4n) is 2.25. The maximum atomic E-state index is 5.81. The van der Waals surface area contributed by atoms with Gasteiger partial charge in [0.15, 0.2) is 5.82 Å². The van der Waals surface area contributed by atoms with Crippen LogP contribution in [0.4, 0.5) is 0 Å². The number of nitrogens with two attached hydrogens (primary N) is 1. The number of rotatable bonds is 6. The summed E-state index contributed by atoms with van der Waals surface area (Å²) in [5.74, 6) is 1.62. The molecule has 0 atom stereocenters. The van der Waals surface area contributed by atoms with E-state index < -0.39 is 0 Å². The van der Waals surface area contributed by atoms with Gasteiger partial charge in [-0.1, -0.05) is 24.9 Å². The van der Waals surface area contributed by atoms with Crippen LogP contribution in [0.2, 0.25) is 0 Å². The Morgan fingerprint density at radius 2 is 2.25 bits per heavy atom. The zero-order chi connectivity index (χ0) is 11.4. The molecule has 2 N–H and O–H groups in total. The maximum absolute atomic E-state index is 5.81. The molecule has 1 fully saturated rings. The summed E-state index contributed by atoms with van der Waals surface area (Å²) >= 11 is 0. The van der Waals surface area contributed by atoms with Gasteiger partial charge in [-0.2, -0.15) is 4.98 Å². The summed E-state index contributed by atoms with van der Waals surface area (Å²) in [4.78, 5) is 4.43. The maximum Gasteiger partial charge on any atom is 0.227 e. The lowest BCUT2D eigenvalue weighted by atomic mass is 9.67. The number of hydrogen-bond acceptors (Lipinski definition) is 4. The van der Waals surface area contributed by atoms with Gasteiger partial charge in [-0.25, -0.2) is 0 Å². The average molecular weight is 223 g/mol. The fourth-order valence-corrected chi connectivity index (χ4v) is 2.25. The second-order valence-electron chi connectivity index (χ2n) is 4.94. The van der Waals surface area contributed by atoms with E-state index in [0.29, 0.717) is 0 Å². The molecule has 1 aliphatic carbocycles. The van der Waals surface area contributed by atoms with Gasteiger partial charge in [0.25, 0.3) is 0 Å². The molecule has 1 aromatic rings. The van der Waals surface area contributed by atoms with Gasteiger partial charge in [-0.15, -0.1) is 0 Å². The number of aromatic nitrogens is 2. The first-order valence-electron chi connectivity index (χ1n) is 6.29. The summed E-state index contributed by atoms with van der Waals surface area (Å²) in [6.45, 7) is 2.90. The Hall–Kier alpha value is -0.900. The van der Waals surface area contributed by atoms with E-state index in [1.807, 2.05) is 0 Å². The lowest BCUT2D eigenvalue weighted by Crippen LogP contribution is -2.39. The lowest BCUT2D eigenvalue weighted by Gasteiger charge is -2.39. The molecule has 0 spiro atoms. The molecule has 16 heavy (non-hydrogen) atoms. The Kier molecular flexibility index (Phi) is 3.59. The van der Waals surface area contributed by atoms with Crippen molar-refractivity contribution in [2.45, 2.75) is 51.9 Å². The van der Waals surface area contributed by atoms with Crippen molar-refractivity contribution in [3.05, 3.63) is 11.7 Å². The van der Waals surface area contributed by atoms with Crippen molar-refractivity contribution < 1.29 is 4.52 Å². The Bertz CT molecular complexity index is 325. The van der Waals surface area contributed by atoms with Crippen LogP contribution in [0.25, 0.3) is 0 Å². The highest BCUT2D eigenvalue weighted by Gasteiger charge is 2.37. The molecule has 90 valence electrons. The van der Waals surface area contributed by atoms with Crippen LogP contribution in [0.5, 0.6) is 0 Å². The molecule has 0 bridgehead atoms. The van der Waals surface area contributed by atoms with Gasteiger partial charge in [-0.3, -0.25) is 0 Å². The van der Waals surface area contributed by atoms with Crippen molar-refractivity contribution in [2.24, 2.45) is 11.1 Å². The topological polar surface area (TPSA) is 64.9 Å². The predicted octanol–water partition coefficient (Wildman–Crippen LogP) is 2.08. The van der Waals surface area contributed by atoms with Crippen LogP contribution in [0, 0.1) is 5.41 Å². The van der Waals surface area contributed by atoms with Gasteiger partial charge in [0.2, 0.25) is 5.89 Å². The van der Waals surface area contributed by atoms with Crippen LogP contribution in [0.1, 0.15) is 50.7 Å². The number of unbranched alkanes of at least 4 members (excludes halogenated alkanes) is 1. The van der Waals surface area contributed by atoms with Gasteiger partial charge in [0.1, 0.15) is 0 Å². The second-order valence-corrected chi connectivity index (χ2v) is 4.94. The van der Waals surface area contributed by atoms with E-state index in [9.17, 15) is 0 Å². The van der Waals surface area contributed by atoms with Crippen molar-refractivity contribution in [2.75, 3.05) is 6.54 Å². The Morgan fingerprint density at radius 1 is 1.44 bits per heavy atom. The molecule has 1 aliphatic rings. The van der Waals surface area contributed by atoms with E-state index in [4.69, 9.17) is 10.3 Å². The van der Waals surface area contributed by atoms with E-state index in [0.717, 1.165) is 43.9 Å². The number of aryl methyl sites for hydroxylation is 1. The standard InChI is InChI=1S/C12H21N3O/c1-2-3-5-10-14-11(16-15-10)8-12(9-13)6-4-7-12/h2-9,13H2,1H3. The summed E-state index contributed by atoms with van der Waals surface area (Å²) in [6, 6.07) is 0. The molecule has 0 aliphatic heterocycles. The van der Waals surface area contributed by atoms with Gasteiger partial charge >= 0.3 is 0 Å². The van der Waals surface area contributed by atoms with E-state index in [1.165, 1.54) is 19.3 Å². The highest BCUT2D eigenvalue weighted by atomic mass is 16.5. The van der Waals surface area contributed by atoms with Crippen molar-refractivity contribution in [3.8, 4) is 0 Å². The van der Waals surface area contributed by atoms with Crippen LogP contribution >= 0.6 is 0 Å². The van der Waals surface area contributed by atoms with Gasteiger partial charge in [-0.05, 0) is 31.2 Å². The van der Waals surface area contributed by atoms with Crippen LogP contribution in [-0.2, 0) is 12.8 Å². The number of nitrogens with zero attached hydrogens (tertiary/aromatic N) is 2. The SMILES string of the molecule is CCCCc1noc(CC2(CN)CCC2)n1. The minimum atomic E-state index is 0.258. The van der Waals surface area contributed by atoms with Crippen LogP contribution < -0.4 is 5.73 Å². The summed E-state index contributed by atoms with van der Waals surface area (Å²) in [5, 5.41) is 4.00. The molecule has 0 radical (unpaired) electrons. The first kappa shape index (κ1) is 11.6. The third-order valence-electron chi connectivity index (χ3n) is 3.64. The summed E-state index contributed by atoms with van der Waals surface area (Å²) < 4.78 is 5.28. The Labute approximate surface area is 96.6 Å². The molecule has 1 heterocycles. The zero-order valence-electron chi connectivity index (χ0n) is 10.0. The van der Waals surface area contributed by atoms with Gasteiger partial charge < -0.3 is 10.3 Å². The molecule has 0 amide bonds. The number of hydrogen-bond donors (Lipinski definition) is 1. The lowest BCUT2D eigenvalue weighted by molar-refractivity contribution is 0.129. The molecule has 0 unspecified atom stereocenters. The van der Waals surface area contributed by atoms with Crippen molar-refractivity contribution in [1.29, 1.82) is 0 Å². The normalized spacial score (nSPS) is 18.4. The minimum Gasteiger partial charge on any atom is -0.339 e. The smallest absolute Gasteiger partial charge is 0.227 e.